The Hall–Kier alpha value is -3.48. The Labute approximate surface area is 156 Å². The topological polar surface area (TPSA) is 85.5 Å². The molecular weight excluding hydrogens is 346 g/mol. The second-order valence-electron chi connectivity index (χ2n) is 5.95. The minimum absolute atomic E-state index is 0.241. The van der Waals surface area contributed by atoms with Gasteiger partial charge in [0.05, 0.1) is 17.6 Å². The molecule has 2 N–H and O–H groups in total. The maximum atomic E-state index is 12.4. The number of fused-ring (bicyclic) bond motifs is 2. The van der Waals surface area contributed by atoms with E-state index >= 15 is 0 Å². The molecule has 0 saturated heterocycles. The quantitative estimate of drug-likeness (QED) is 0.516. The number of carbonyl (C=O) groups excluding carboxylic acids is 1. The molecule has 27 heavy (non-hydrogen) atoms. The lowest BCUT2D eigenvalue weighted by atomic mass is 10.2. The Morgan fingerprint density at radius 2 is 2.11 bits per heavy atom. The Bertz CT molecular complexity index is 976. The van der Waals surface area contributed by atoms with Gasteiger partial charge in [0.1, 0.15) is 11.4 Å². The maximum Gasteiger partial charge on any atom is 0.343 e. The van der Waals surface area contributed by atoms with Gasteiger partial charge in [-0.05, 0) is 36.8 Å². The minimum Gasteiger partial charge on any atom is -0.462 e. The van der Waals surface area contributed by atoms with Gasteiger partial charge in [0.15, 0.2) is 11.5 Å². The number of imidazole rings is 1. The number of esters is 1. The van der Waals surface area contributed by atoms with E-state index in [-0.39, 0.29) is 6.79 Å². The molecule has 138 valence electrons. The highest BCUT2D eigenvalue weighted by Crippen LogP contribution is 2.32. The number of hydrogen-bond donors (Lipinski definition) is 2. The zero-order valence-corrected chi connectivity index (χ0v) is 14.8. The van der Waals surface area contributed by atoms with Crippen molar-refractivity contribution in [3.8, 4) is 11.5 Å². The summed E-state index contributed by atoms with van der Waals surface area (Å²) in [4.78, 5) is 20.0. The van der Waals surface area contributed by atoms with Gasteiger partial charge in [0, 0.05) is 12.7 Å². The number of aromatic amines is 1. The van der Waals surface area contributed by atoms with Crippen molar-refractivity contribution in [2.45, 2.75) is 13.5 Å². The number of benzene rings is 2. The van der Waals surface area contributed by atoms with E-state index in [9.17, 15) is 4.79 Å². The number of ether oxygens (including phenoxy) is 3. The van der Waals surface area contributed by atoms with E-state index in [1.165, 1.54) is 0 Å². The Kier molecular flexibility index (Phi) is 4.65. The number of carbonyl (C=O) groups is 1. The number of para-hydroxylation sites is 2. The summed E-state index contributed by atoms with van der Waals surface area (Å²) in [7, 11) is 0. The van der Waals surface area contributed by atoms with Gasteiger partial charge in [-0.3, -0.25) is 0 Å². The molecule has 0 unspecified atom stereocenters. The van der Waals surface area contributed by atoms with Crippen LogP contribution in [0.4, 0.5) is 0 Å². The number of rotatable bonds is 6. The van der Waals surface area contributed by atoms with E-state index < -0.39 is 5.97 Å². The molecule has 0 spiro atoms. The molecule has 4 rings (SSSR count). The van der Waals surface area contributed by atoms with Crippen molar-refractivity contribution in [2.75, 3.05) is 13.4 Å². The van der Waals surface area contributed by atoms with Gasteiger partial charge in [-0.15, -0.1) is 0 Å². The van der Waals surface area contributed by atoms with Gasteiger partial charge in [-0.2, -0.15) is 0 Å². The summed E-state index contributed by atoms with van der Waals surface area (Å²) < 4.78 is 15.9. The molecule has 7 nitrogen and oxygen atoms in total. The fourth-order valence-electron chi connectivity index (χ4n) is 2.84. The molecule has 7 heteroatoms. The summed E-state index contributed by atoms with van der Waals surface area (Å²) in [5.74, 6) is 1.49. The lowest BCUT2D eigenvalue weighted by Gasteiger charge is -2.07. The molecule has 3 aromatic rings. The number of aromatic nitrogens is 2. The minimum atomic E-state index is -0.435. The van der Waals surface area contributed by atoms with Gasteiger partial charge in [0.2, 0.25) is 6.79 Å². The van der Waals surface area contributed by atoms with Crippen molar-refractivity contribution in [3.63, 3.8) is 0 Å². The molecule has 1 aromatic heterocycles. The average molecular weight is 365 g/mol. The first-order valence-corrected chi connectivity index (χ1v) is 8.69. The summed E-state index contributed by atoms with van der Waals surface area (Å²) in [6.07, 6.45) is 1.63. The Morgan fingerprint density at radius 1 is 1.26 bits per heavy atom. The van der Waals surface area contributed by atoms with Gasteiger partial charge in [-0.25, -0.2) is 9.78 Å². The van der Waals surface area contributed by atoms with E-state index in [1.54, 1.807) is 13.1 Å². The van der Waals surface area contributed by atoms with E-state index in [1.807, 2.05) is 42.5 Å². The molecule has 0 radical (unpaired) electrons. The monoisotopic (exact) mass is 365 g/mol. The van der Waals surface area contributed by atoms with Crippen LogP contribution >= 0.6 is 0 Å². The van der Waals surface area contributed by atoms with E-state index in [2.05, 4.69) is 15.3 Å². The Balaban J connectivity index is 1.55. The summed E-state index contributed by atoms with van der Waals surface area (Å²) in [6.45, 7) is 2.82. The first-order chi connectivity index (χ1) is 13.2. The smallest absolute Gasteiger partial charge is 0.343 e. The lowest BCUT2D eigenvalue weighted by Crippen LogP contribution is -2.13. The highest BCUT2D eigenvalue weighted by molar-refractivity contribution is 6.15. The number of nitrogens with zero attached hydrogens (tertiary/aromatic N) is 1. The zero-order valence-electron chi connectivity index (χ0n) is 14.8. The summed E-state index contributed by atoms with van der Waals surface area (Å²) in [5.41, 5.74) is 2.99. The van der Waals surface area contributed by atoms with E-state index in [0.717, 1.165) is 28.1 Å². The van der Waals surface area contributed by atoms with Gasteiger partial charge in [-0.1, -0.05) is 18.2 Å². The third-order valence-electron chi connectivity index (χ3n) is 4.13. The van der Waals surface area contributed by atoms with Crippen molar-refractivity contribution in [2.24, 2.45) is 0 Å². The third kappa shape index (κ3) is 3.57. The number of H-pyrrole nitrogens is 1. The van der Waals surface area contributed by atoms with Crippen LogP contribution in [0.1, 0.15) is 18.3 Å². The van der Waals surface area contributed by atoms with E-state index in [4.69, 9.17) is 14.2 Å². The van der Waals surface area contributed by atoms with Crippen LogP contribution in [0, 0.1) is 0 Å². The van der Waals surface area contributed by atoms with Crippen LogP contribution in [0.2, 0.25) is 0 Å². The lowest BCUT2D eigenvalue weighted by molar-refractivity contribution is -0.136. The molecule has 1 aliphatic rings. The summed E-state index contributed by atoms with van der Waals surface area (Å²) >= 11 is 0. The molecule has 0 amide bonds. The fourth-order valence-corrected chi connectivity index (χ4v) is 2.84. The number of nitrogens with one attached hydrogen (secondary N) is 2. The molecule has 0 aliphatic carbocycles. The van der Waals surface area contributed by atoms with Crippen LogP contribution in [-0.4, -0.2) is 29.3 Å². The predicted octanol–water partition coefficient (Wildman–Crippen LogP) is 2.99. The van der Waals surface area contributed by atoms with Crippen LogP contribution in [-0.2, 0) is 16.1 Å². The van der Waals surface area contributed by atoms with E-state index in [0.29, 0.717) is 24.5 Å². The van der Waals surface area contributed by atoms with Crippen LogP contribution in [0.15, 0.2) is 48.7 Å². The molecule has 0 atom stereocenters. The third-order valence-corrected chi connectivity index (χ3v) is 4.13. The zero-order chi connectivity index (χ0) is 18.6. The fraction of sp³-hybridized carbons (Fsp3) is 0.200. The first kappa shape index (κ1) is 17.0. The van der Waals surface area contributed by atoms with Gasteiger partial charge >= 0.3 is 5.97 Å². The maximum absolute atomic E-state index is 12.4. The Morgan fingerprint density at radius 3 is 2.96 bits per heavy atom. The van der Waals surface area contributed by atoms with Crippen molar-refractivity contribution in [1.29, 1.82) is 0 Å². The second kappa shape index (κ2) is 7.41. The SMILES string of the molecule is CCOC(=O)C(=CNCc1ccc2c(c1)OCO2)c1nc2ccccc2[nH]1. The molecule has 2 aromatic carbocycles. The van der Waals surface area contributed by atoms with Gasteiger partial charge in [0.25, 0.3) is 0 Å². The van der Waals surface area contributed by atoms with Gasteiger partial charge < -0.3 is 24.5 Å². The number of hydrogen-bond acceptors (Lipinski definition) is 6. The van der Waals surface area contributed by atoms with Crippen molar-refractivity contribution < 1.29 is 19.0 Å². The van der Waals surface area contributed by atoms with Crippen molar-refractivity contribution >= 4 is 22.6 Å². The molecule has 0 bridgehead atoms. The molecular formula is C20H19N3O4. The highest BCUT2D eigenvalue weighted by Gasteiger charge is 2.17. The second-order valence-corrected chi connectivity index (χ2v) is 5.95. The molecule has 0 fully saturated rings. The molecule has 2 heterocycles. The highest BCUT2D eigenvalue weighted by atomic mass is 16.7. The normalized spacial score (nSPS) is 13.0. The summed E-state index contributed by atoms with van der Waals surface area (Å²) in [6, 6.07) is 13.3. The van der Waals surface area contributed by atoms with Crippen molar-refractivity contribution in [3.05, 3.63) is 60.1 Å². The molecule has 0 saturated carbocycles. The van der Waals surface area contributed by atoms with Crippen LogP contribution in [0.25, 0.3) is 16.6 Å². The van der Waals surface area contributed by atoms with Crippen molar-refractivity contribution in [1.82, 2.24) is 15.3 Å². The van der Waals surface area contributed by atoms with Crippen LogP contribution < -0.4 is 14.8 Å². The van der Waals surface area contributed by atoms with Crippen LogP contribution in [0.5, 0.6) is 11.5 Å². The van der Waals surface area contributed by atoms with Crippen LogP contribution in [0.3, 0.4) is 0 Å². The molecule has 1 aliphatic heterocycles. The summed E-state index contributed by atoms with van der Waals surface area (Å²) in [5, 5.41) is 3.16. The standard InChI is InChI=1S/C20H19N3O4/c1-2-25-20(24)14(19-22-15-5-3-4-6-16(15)23-19)11-21-10-13-7-8-17-18(9-13)27-12-26-17/h3-9,11,21H,2,10,12H2,1H3,(H,22,23). The predicted molar refractivity (Wildman–Crippen MR) is 100 cm³/mol. The first-order valence-electron chi connectivity index (χ1n) is 8.69. The largest absolute Gasteiger partial charge is 0.462 e. The average Bonchev–Trinajstić information content (AvgIpc) is 3.31.